The molecule has 2 fully saturated rings. The number of ether oxygens (including phenoxy) is 1. The summed E-state index contributed by atoms with van der Waals surface area (Å²) < 4.78 is 5.28. The summed E-state index contributed by atoms with van der Waals surface area (Å²) in [5.41, 5.74) is 1.78. The Labute approximate surface area is 179 Å². The lowest BCUT2D eigenvalue weighted by Crippen LogP contribution is -2.60. The zero-order valence-corrected chi connectivity index (χ0v) is 17.1. The molecule has 0 aromatic heterocycles. The third-order valence-electron chi connectivity index (χ3n) is 5.14. The summed E-state index contributed by atoms with van der Waals surface area (Å²) in [6, 6.07) is 18.0. The van der Waals surface area contributed by atoms with Crippen LogP contribution in [0.15, 0.2) is 60.7 Å². The van der Waals surface area contributed by atoms with E-state index in [0.29, 0.717) is 18.6 Å². The van der Waals surface area contributed by atoms with E-state index in [9.17, 15) is 14.4 Å². The van der Waals surface area contributed by atoms with Crippen LogP contribution >= 0.6 is 11.8 Å². The van der Waals surface area contributed by atoms with E-state index in [-0.39, 0.29) is 30.0 Å². The van der Waals surface area contributed by atoms with Gasteiger partial charge in [0.25, 0.3) is 0 Å². The summed E-state index contributed by atoms with van der Waals surface area (Å²) in [5.74, 6) is 0.366. The Balaban J connectivity index is 1.39. The average molecular weight is 426 g/mol. The number of alkyl carbamates (subject to hydrolysis) is 1. The highest BCUT2D eigenvalue weighted by Crippen LogP contribution is 2.38. The van der Waals surface area contributed by atoms with Crippen LogP contribution < -0.4 is 10.6 Å². The molecule has 8 heteroatoms. The Kier molecular flexibility index (Phi) is 6.23. The Morgan fingerprint density at radius 3 is 2.40 bits per heavy atom. The van der Waals surface area contributed by atoms with Gasteiger partial charge in [-0.1, -0.05) is 60.7 Å². The maximum absolute atomic E-state index is 13.0. The minimum Gasteiger partial charge on any atom is -0.445 e. The fourth-order valence-electron chi connectivity index (χ4n) is 3.54. The maximum Gasteiger partial charge on any atom is 0.408 e. The molecule has 3 atom stereocenters. The molecule has 30 heavy (non-hydrogen) atoms. The number of hydrogen-bond acceptors (Lipinski definition) is 5. The topological polar surface area (TPSA) is 87.7 Å². The maximum atomic E-state index is 13.0. The van der Waals surface area contributed by atoms with Crippen LogP contribution in [0.1, 0.15) is 17.5 Å². The summed E-state index contributed by atoms with van der Waals surface area (Å²) >= 11 is 1.66. The van der Waals surface area contributed by atoms with Crippen molar-refractivity contribution >= 4 is 29.7 Å². The Hall–Kier alpha value is -3.00. The zero-order valence-electron chi connectivity index (χ0n) is 16.3. The highest BCUT2D eigenvalue weighted by molar-refractivity contribution is 8.00. The number of hydrogen-bond donors (Lipinski definition) is 2. The number of amides is 3. The van der Waals surface area contributed by atoms with Gasteiger partial charge in [-0.25, -0.2) is 4.79 Å². The van der Waals surface area contributed by atoms with Gasteiger partial charge in [0.1, 0.15) is 18.8 Å². The molecule has 0 saturated carbocycles. The third-order valence-corrected chi connectivity index (χ3v) is 6.43. The lowest BCUT2D eigenvalue weighted by Gasteiger charge is -2.37. The molecule has 2 aliphatic heterocycles. The van der Waals surface area contributed by atoms with E-state index in [1.54, 1.807) is 16.7 Å². The Morgan fingerprint density at radius 1 is 1.07 bits per heavy atom. The molecule has 2 heterocycles. The normalized spacial score (nSPS) is 20.7. The van der Waals surface area contributed by atoms with Gasteiger partial charge in [0.2, 0.25) is 11.8 Å². The molecule has 0 spiro atoms. The highest BCUT2D eigenvalue weighted by Gasteiger charge is 2.47. The van der Waals surface area contributed by atoms with Crippen molar-refractivity contribution in [2.45, 2.75) is 37.0 Å². The highest BCUT2D eigenvalue weighted by atomic mass is 32.2. The van der Waals surface area contributed by atoms with Crippen LogP contribution in [0.4, 0.5) is 4.79 Å². The van der Waals surface area contributed by atoms with Gasteiger partial charge in [-0.15, -0.1) is 11.8 Å². The van der Waals surface area contributed by atoms with E-state index in [1.165, 1.54) is 0 Å². The van der Waals surface area contributed by atoms with E-state index in [4.69, 9.17) is 4.74 Å². The van der Waals surface area contributed by atoms with Crippen molar-refractivity contribution in [3.63, 3.8) is 0 Å². The second kappa shape index (κ2) is 9.21. The molecular formula is C22H23N3O4S. The van der Waals surface area contributed by atoms with E-state index in [0.717, 1.165) is 11.1 Å². The molecule has 2 unspecified atom stereocenters. The predicted octanol–water partition coefficient (Wildman–Crippen LogP) is 2.27. The average Bonchev–Trinajstić information content (AvgIpc) is 3.08. The van der Waals surface area contributed by atoms with Crippen LogP contribution in [0.25, 0.3) is 0 Å². The molecule has 2 aromatic carbocycles. The van der Waals surface area contributed by atoms with Crippen LogP contribution in [0.3, 0.4) is 0 Å². The number of β-lactam (4-membered cyclic amide) rings is 1. The summed E-state index contributed by atoms with van der Waals surface area (Å²) in [7, 11) is 0. The van der Waals surface area contributed by atoms with Crippen molar-refractivity contribution < 1.29 is 19.1 Å². The van der Waals surface area contributed by atoms with Crippen molar-refractivity contribution in [1.29, 1.82) is 0 Å². The molecule has 0 radical (unpaired) electrons. The summed E-state index contributed by atoms with van der Waals surface area (Å²) in [6.45, 7) is 0.121. The molecule has 2 saturated heterocycles. The number of carbonyl (C=O) groups excluding carboxylic acids is 3. The molecule has 3 amide bonds. The van der Waals surface area contributed by atoms with Crippen molar-refractivity contribution in [3.8, 4) is 0 Å². The molecular weight excluding hydrogens is 402 g/mol. The Morgan fingerprint density at radius 2 is 1.73 bits per heavy atom. The second-order valence-corrected chi connectivity index (χ2v) is 8.48. The first-order chi connectivity index (χ1) is 14.6. The lowest BCUT2D eigenvalue weighted by atomic mass is 10.1. The fourth-order valence-corrected chi connectivity index (χ4v) is 4.87. The van der Waals surface area contributed by atoms with Crippen LogP contribution in [-0.4, -0.2) is 46.1 Å². The van der Waals surface area contributed by atoms with Crippen molar-refractivity contribution in [1.82, 2.24) is 15.5 Å². The summed E-state index contributed by atoms with van der Waals surface area (Å²) in [5, 5.41) is 5.75. The minimum absolute atomic E-state index is 0.0464. The van der Waals surface area contributed by atoms with Crippen LogP contribution in [-0.2, 0) is 27.4 Å². The molecule has 2 N–H and O–H groups in total. The largest absolute Gasteiger partial charge is 0.445 e. The number of carbonyl (C=O) groups is 3. The molecule has 2 aliphatic rings. The third kappa shape index (κ3) is 4.76. The quantitative estimate of drug-likeness (QED) is 0.665. The molecule has 2 aromatic rings. The molecule has 4 rings (SSSR count). The second-order valence-electron chi connectivity index (χ2n) is 7.27. The molecule has 7 nitrogen and oxygen atoms in total. The first-order valence-electron chi connectivity index (χ1n) is 9.84. The molecule has 0 aliphatic carbocycles. The van der Waals surface area contributed by atoms with Gasteiger partial charge in [0, 0.05) is 12.2 Å². The fraction of sp³-hybridized carbons (Fsp3) is 0.318. The van der Waals surface area contributed by atoms with Crippen molar-refractivity contribution in [2.24, 2.45) is 0 Å². The number of rotatable bonds is 7. The zero-order chi connectivity index (χ0) is 20.9. The van der Waals surface area contributed by atoms with E-state index < -0.39 is 12.1 Å². The first-order valence-corrected chi connectivity index (χ1v) is 10.9. The van der Waals surface area contributed by atoms with E-state index in [1.807, 2.05) is 60.7 Å². The van der Waals surface area contributed by atoms with Gasteiger partial charge in [-0.2, -0.15) is 0 Å². The smallest absolute Gasteiger partial charge is 0.408 e. The van der Waals surface area contributed by atoms with Crippen LogP contribution in [0, 0.1) is 0 Å². The van der Waals surface area contributed by atoms with Gasteiger partial charge in [-0.3, -0.25) is 9.59 Å². The predicted molar refractivity (Wildman–Crippen MR) is 113 cm³/mol. The number of fused-ring (bicyclic) bond motifs is 1. The molecule has 0 bridgehead atoms. The van der Waals surface area contributed by atoms with Gasteiger partial charge in [-0.05, 0) is 11.1 Å². The first kappa shape index (κ1) is 20.3. The minimum atomic E-state index is -0.809. The Bertz CT molecular complexity index is 909. The monoisotopic (exact) mass is 425 g/mol. The van der Waals surface area contributed by atoms with Gasteiger partial charge in [0.05, 0.1) is 11.8 Å². The van der Waals surface area contributed by atoms with Crippen molar-refractivity contribution in [2.75, 3.05) is 5.75 Å². The number of nitrogens with zero attached hydrogens (tertiary/aromatic N) is 1. The van der Waals surface area contributed by atoms with Crippen LogP contribution in [0.5, 0.6) is 0 Å². The van der Waals surface area contributed by atoms with Crippen molar-refractivity contribution in [3.05, 3.63) is 71.8 Å². The summed E-state index contributed by atoms with van der Waals surface area (Å²) in [4.78, 5) is 38.9. The number of thioether (sulfide) groups is 1. The van der Waals surface area contributed by atoms with Gasteiger partial charge >= 0.3 is 6.09 Å². The van der Waals surface area contributed by atoms with E-state index >= 15 is 0 Å². The lowest BCUT2D eigenvalue weighted by molar-refractivity contribution is -0.145. The standard InChI is InChI=1S/C22H23N3O4S/c26-19-12-20-25(19)18(14-30-20)24-21(27)17(11-15-7-3-1-4-8-15)23-22(28)29-13-16-9-5-2-6-10-16/h1-10,17-18,20H,11-14H2,(H,23,28)(H,24,27)/t17-,18?,20?/m0/s1. The summed E-state index contributed by atoms with van der Waals surface area (Å²) in [6.07, 6.45) is -0.151. The SMILES string of the molecule is O=C(N[C@@H](Cc1ccccc1)C(=O)NC1CSC2CC(=O)N12)OCc1ccccc1. The van der Waals surface area contributed by atoms with Gasteiger partial charge in [0.15, 0.2) is 0 Å². The van der Waals surface area contributed by atoms with E-state index in [2.05, 4.69) is 10.6 Å². The number of nitrogens with one attached hydrogen (secondary N) is 2. The number of benzene rings is 2. The van der Waals surface area contributed by atoms with Crippen LogP contribution in [0.2, 0.25) is 0 Å². The van der Waals surface area contributed by atoms with Gasteiger partial charge < -0.3 is 20.3 Å². The molecule has 156 valence electrons.